The summed E-state index contributed by atoms with van der Waals surface area (Å²) in [5, 5.41) is 0. The van der Waals surface area contributed by atoms with E-state index >= 15 is 0 Å². The Kier molecular flexibility index (Phi) is 4.97. The molecular formula is C19H19N3O6S. The van der Waals surface area contributed by atoms with Gasteiger partial charge in [-0.2, -0.15) is 4.31 Å². The van der Waals surface area contributed by atoms with Gasteiger partial charge in [-0.25, -0.2) is 8.42 Å². The molecule has 3 heterocycles. The summed E-state index contributed by atoms with van der Waals surface area (Å²) in [5.74, 6) is -0.620. The monoisotopic (exact) mass is 417 g/mol. The van der Waals surface area contributed by atoms with Crippen LogP contribution in [-0.4, -0.2) is 61.5 Å². The lowest BCUT2D eigenvalue weighted by Crippen LogP contribution is -2.50. The van der Waals surface area contributed by atoms with E-state index in [-0.39, 0.29) is 67.4 Å². The van der Waals surface area contributed by atoms with E-state index in [4.69, 9.17) is 4.42 Å². The van der Waals surface area contributed by atoms with Crippen LogP contribution in [0.4, 0.5) is 5.69 Å². The fourth-order valence-electron chi connectivity index (χ4n) is 3.47. The Morgan fingerprint density at radius 1 is 0.897 bits per heavy atom. The van der Waals surface area contributed by atoms with Gasteiger partial charge in [-0.3, -0.25) is 19.3 Å². The molecule has 2 aliphatic heterocycles. The number of rotatable bonds is 4. The molecule has 2 fully saturated rings. The summed E-state index contributed by atoms with van der Waals surface area (Å²) < 4.78 is 32.2. The van der Waals surface area contributed by atoms with Crippen LogP contribution in [0, 0.1) is 0 Å². The van der Waals surface area contributed by atoms with Crippen LogP contribution in [0.3, 0.4) is 0 Å². The van der Waals surface area contributed by atoms with E-state index in [0.717, 1.165) is 4.90 Å². The summed E-state index contributed by atoms with van der Waals surface area (Å²) in [7, 11) is -3.75. The standard InChI is InChI=1S/C19H19N3O6S/c23-17-7-8-18(24)22(17)14-3-5-15(6-4-14)29(26,27)21-11-9-20(10-12-21)19(25)16-2-1-13-28-16/h1-6,13H,7-12H2. The van der Waals surface area contributed by atoms with E-state index in [2.05, 4.69) is 0 Å². The molecule has 2 aliphatic rings. The third-order valence-corrected chi connectivity index (χ3v) is 6.95. The quantitative estimate of drug-likeness (QED) is 0.689. The molecule has 2 saturated heterocycles. The number of imide groups is 1. The zero-order chi connectivity index (χ0) is 20.6. The first-order valence-electron chi connectivity index (χ1n) is 9.17. The highest BCUT2D eigenvalue weighted by molar-refractivity contribution is 7.89. The summed E-state index contributed by atoms with van der Waals surface area (Å²) in [6.45, 7) is 0.848. The van der Waals surface area contributed by atoms with Gasteiger partial charge in [-0.15, -0.1) is 0 Å². The average Bonchev–Trinajstić information content (AvgIpc) is 3.38. The number of amides is 3. The lowest BCUT2D eigenvalue weighted by atomic mass is 10.3. The van der Waals surface area contributed by atoms with Gasteiger partial charge in [0.1, 0.15) is 0 Å². The van der Waals surface area contributed by atoms with E-state index in [0.29, 0.717) is 5.69 Å². The molecule has 1 aromatic carbocycles. The van der Waals surface area contributed by atoms with Gasteiger partial charge in [-0.1, -0.05) is 0 Å². The van der Waals surface area contributed by atoms with Crippen molar-refractivity contribution in [3.63, 3.8) is 0 Å². The van der Waals surface area contributed by atoms with Crippen molar-refractivity contribution in [1.29, 1.82) is 0 Å². The number of benzene rings is 1. The van der Waals surface area contributed by atoms with Gasteiger partial charge >= 0.3 is 0 Å². The lowest BCUT2D eigenvalue weighted by molar-refractivity contribution is -0.121. The third kappa shape index (κ3) is 3.56. The van der Waals surface area contributed by atoms with Gasteiger partial charge < -0.3 is 9.32 Å². The molecular weight excluding hydrogens is 398 g/mol. The van der Waals surface area contributed by atoms with Crippen LogP contribution in [-0.2, 0) is 19.6 Å². The number of sulfonamides is 1. The maximum absolute atomic E-state index is 12.9. The fourth-order valence-corrected chi connectivity index (χ4v) is 4.89. The molecule has 0 atom stereocenters. The van der Waals surface area contributed by atoms with Crippen LogP contribution >= 0.6 is 0 Å². The van der Waals surface area contributed by atoms with Crippen LogP contribution in [0.1, 0.15) is 23.4 Å². The zero-order valence-electron chi connectivity index (χ0n) is 15.5. The second-order valence-electron chi connectivity index (χ2n) is 6.79. The van der Waals surface area contributed by atoms with Crippen molar-refractivity contribution in [2.45, 2.75) is 17.7 Å². The zero-order valence-corrected chi connectivity index (χ0v) is 16.3. The first-order valence-corrected chi connectivity index (χ1v) is 10.6. The largest absolute Gasteiger partial charge is 0.459 e. The third-order valence-electron chi connectivity index (χ3n) is 5.04. The van der Waals surface area contributed by atoms with Gasteiger partial charge in [0.15, 0.2) is 5.76 Å². The Balaban J connectivity index is 1.44. The number of hydrogen-bond donors (Lipinski definition) is 0. The van der Waals surface area contributed by atoms with E-state index < -0.39 is 10.0 Å². The number of piperazine rings is 1. The van der Waals surface area contributed by atoms with Crippen molar-refractivity contribution in [1.82, 2.24) is 9.21 Å². The Bertz CT molecular complexity index is 1020. The van der Waals surface area contributed by atoms with Crippen molar-refractivity contribution < 1.29 is 27.2 Å². The molecule has 0 N–H and O–H groups in total. The van der Waals surface area contributed by atoms with Crippen LogP contribution in [0.15, 0.2) is 52.0 Å². The number of carbonyl (C=O) groups is 3. The summed E-state index contributed by atoms with van der Waals surface area (Å²) >= 11 is 0. The number of furan rings is 1. The number of anilines is 1. The van der Waals surface area contributed by atoms with Crippen molar-refractivity contribution in [3.05, 3.63) is 48.4 Å². The Morgan fingerprint density at radius 3 is 2.07 bits per heavy atom. The van der Waals surface area contributed by atoms with Crippen LogP contribution in [0.2, 0.25) is 0 Å². The molecule has 4 rings (SSSR count). The average molecular weight is 417 g/mol. The molecule has 0 aliphatic carbocycles. The van der Waals surface area contributed by atoms with Crippen LogP contribution < -0.4 is 4.90 Å². The molecule has 152 valence electrons. The maximum Gasteiger partial charge on any atom is 0.289 e. The second kappa shape index (κ2) is 7.45. The molecule has 9 nitrogen and oxygen atoms in total. The Morgan fingerprint density at radius 2 is 1.52 bits per heavy atom. The Hall–Kier alpha value is -2.98. The summed E-state index contributed by atoms with van der Waals surface area (Å²) in [5.41, 5.74) is 0.366. The fraction of sp³-hybridized carbons (Fsp3) is 0.316. The van der Waals surface area contributed by atoms with Gasteiger partial charge in [-0.05, 0) is 36.4 Å². The van der Waals surface area contributed by atoms with E-state index in [1.54, 1.807) is 17.0 Å². The predicted octanol–water partition coefficient (Wildman–Crippen LogP) is 1.08. The molecule has 10 heteroatoms. The van der Waals surface area contributed by atoms with E-state index in [1.165, 1.54) is 34.8 Å². The topological polar surface area (TPSA) is 108 Å². The van der Waals surface area contributed by atoms with Gasteiger partial charge in [0.25, 0.3) is 5.91 Å². The molecule has 1 aromatic heterocycles. The van der Waals surface area contributed by atoms with E-state index in [9.17, 15) is 22.8 Å². The highest BCUT2D eigenvalue weighted by Gasteiger charge is 2.33. The van der Waals surface area contributed by atoms with Gasteiger partial charge in [0, 0.05) is 39.0 Å². The first kappa shape index (κ1) is 19.3. The highest BCUT2D eigenvalue weighted by Crippen LogP contribution is 2.25. The van der Waals surface area contributed by atoms with E-state index in [1.807, 2.05) is 0 Å². The van der Waals surface area contributed by atoms with Crippen molar-refractivity contribution in [2.24, 2.45) is 0 Å². The normalized spacial score (nSPS) is 18.5. The molecule has 3 amide bonds. The second-order valence-corrected chi connectivity index (χ2v) is 8.73. The highest BCUT2D eigenvalue weighted by atomic mass is 32.2. The minimum Gasteiger partial charge on any atom is -0.459 e. The van der Waals surface area contributed by atoms with Gasteiger partial charge in [0.05, 0.1) is 16.8 Å². The van der Waals surface area contributed by atoms with Crippen molar-refractivity contribution in [3.8, 4) is 0 Å². The minimum absolute atomic E-state index is 0.0751. The van der Waals surface area contributed by atoms with Crippen LogP contribution in [0.5, 0.6) is 0 Å². The number of nitrogens with zero attached hydrogens (tertiary/aromatic N) is 3. The molecule has 29 heavy (non-hydrogen) atoms. The summed E-state index contributed by atoms with van der Waals surface area (Å²) in [4.78, 5) is 38.7. The molecule has 0 spiro atoms. The van der Waals surface area contributed by atoms with Crippen molar-refractivity contribution in [2.75, 3.05) is 31.1 Å². The van der Waals surface area contributed by atoms with Gasteiger partial charge in [0.2, 0.25) is 21.8 Å². The number of carbonyl (C=O) groups excluding carboxylic acids is 3. The van der Waals surface area contributed by atoms with Crippen LogP contribution in [0.25, 0.3) is 0 Å². The lowest BCUT2D eigenvalue weighted by Gasteiger charge is -2.33. The predicted molar refractivity (Wildman–Crippen MR) is 102 cm³/mol. The molecule has 2 aromatic rings. The first-order chi connectivity index (χ1) is 13.9. The summed E-state index contributed by atoms with van der Waals surface area (Å²) in [6, 6.07) is 8.91. The maximum atomic E-state index is 12.9. The molecule has 0 unspecified atom stereocenters. The SMILES string of the molecule is O=C(c1ccco1)N1CCN(S(=O)(=O)c2ccc(N3C(=O)CCC3=O)cc2)CC1. The Labute approximate surface area is 167 Å². The minimum atomic E-state index is -3.75. The van der Waals surface area contributed by atoms with Crippen molar-refractivity contribution >= 4 is 33.4 Å². The smallest absolute Gasteiger partial charge is 0.289 e. The molecule has 0 bridgehead atoms. The summed E-state index contributed by atoms with van der Waals surface area (Å²) in [6.07, 6.45) is 1.75. The molecule has 0 saturated carbocycles. The molecule has 0 radical (unpaired) electrons. The number of hydrogen-bond acceptors (Lipinski definition) is 6.